The van der Waals surface area contributed by atoms with Crippen LogP contribution < -0.4 is 11.3 Å². The molecule has 0 aliphatic rings. The third-order valence-electron chi connectivity index (χ3n) is 2.54. The molecule has 2 heterocycles. The lowest BCUT2D eigenvalue weighted by Crippen LogP contribution is -2.27. The molecule has 2 aromatic rings. The monoisotopic (exact) mass is 273 g/mol. The number of rotatable bonds is 4. The molecule has 0 amide bonds. The van der Waals surface area contributed by atoms with E-state index in [2.05, 4.69) is 15.0 Å². The molecule has 2 unspecified atom stereocenters. The van der Waals surface area contributed by atoms with E-state index in [1.807, 2.05) is 0 Å². The number of alkyl halides is 1. The van der Waals surface area contributed by atoms with E-state index in [9.17, 15) is 9.90 Å². The Hall–Kier alpha value is -1.64. The van der Waals surface area contributed by atoms with E-state index in [1.165, 1.54) is 18.0 Å². The van der Waals surface area contributed by atoms with Gasteiger partial charge in [-0.05, 0) is 0 Å². The second-order valence-corrected chi connectivity index (χ2v) is 3.93. The number of aliphatic hydroxyl groups excluding tert-OH is 1. The first-order chi connectivity index (χ1) is 8.58. The van der Waals surface area contributed by atoms with Crippen molar-refractivity contribution in [2.24, 2.45) is 0 Å². The van der Waals surface area contributed by atoms with E-state index in [1.54, 1.807) is 0 Å². The Bertz CT molecular complexity index is 610. The van der Waals surface area contributed by atoms with Gasteiger partial charge in [0.25, 0.3) is 5.56 Å². The first-order valence-electron chi connectivity index (χ1n) is 5.07. The highest BCUT2D eigenvalue weighted by Crippen LogP contribution is 2.19. The molecule has 0 saturated carbocycles. The number of nitrogen functional groups attached to an aromatic ring is 1. The van der Waals surface area contributed by atoms with Gasteiger partial charge in [0.1, 0.15) is 6.04 Å². The van der Waals surface area contributed by atoms with Gasteiger partial charge in [0, 0.05) is 13.0 Å². The number of aliphatic hydroxyl groups is 1. The normalized spacial score (nSPS) is 14.8. The average molecular weight is 274 g/mol. The quantitative estimate of drug-likeness (QED) is 0.508. The number of hydrogen-bond acceptors (Lipinski definition) is 6. The largest absolute Gasteiger partial charge is 0.369 e. The van der Waals surface area contributed by atoms with Crippen molar-refractivity contribution in [3.63, 3.8) is 0 Å². The Balaban J connectivity index is 2.61. The van der Waals surface area contributed by atoms with E-state index in [0.29, 0.717) is 0 Å². The summed E-state index contributed by atoms with van der Waals surface area (Å²) in [4.78, 5) is 21.8. The van der Waals surface area contributed by atoms with E-state index in [0.717, 1.165) is 0 Å². The van der Waals surface area contributed by atoms with Crippen LogP contribution in [0.4, 0.5) is 5.95 Å². The molecule has 2 atom stereocenters. The van der Waals surface area contributed by atoms with E-state index in [-0.39, 0.29) is 23.0 Å². The smallest absolute Gasteiger partial charge is 0.280 e. The van der Waals surface area contributed by atoms with Crippen LogP contribution in [0.15, 0.2) is 11.1 Å². The number of nitrogens with zero attached hydrogens (tertiary/aromatic N) is 3. The van der Waals surface area contributed by atoms with Crippen LogP contribution >= 0.6 is 11.6 Å². The summed E-state index contributed by atoms with van der Waals surface area (Å²) in [6.07, 6.45) is 0.226. The zero-order chi connectivity index (χ0) is 13.3. The van der Waals surface area contributed by atoms with Crippen molar-refractivity contribution in [3.05, 3.63) is 16.7 Å². The fraction of sp³-hybridized carbons (Fsp3) is 0.444. The number of fused-ring (bicyclic) bond motifs is 1. The molecule has 0 fully saturated rings. The summed E-state index contributed by atoms with van der Waals surface area (Å²) in [5.74, 6) is 0.0314. The number of aromatic amines is 1. The number of anilines is 1. The van der Waals surface area contributed by atoms with Crippen LogP contribution in [0.1, 0.15) is 6.04 Å². The number of nitrogens with one attached hydrogen (secondary N) is 1. The Labute approximate surface area is 106 Å². The lowest BCUT2D eigenvalue weighted by Gasteiger charge is -2.20. The fourth-order valence-electron chi connectivity index (χ4n) is 1.63. The van der Waals surface area contributed by atoms with Gasteiger partial charge >= 0.3 is 0 Å². The Kier molecular flexibility index (Phi) is 3.50. The molecule has 0 bridgehead atoms. The van der Waals surface area contributed by atoms with E-state index < -0.39 is 17.9 Å². The van der Waals surface area contributed by atoms with E-state index >= 15 is 0 Å². The van der Waals surface area contributed by atoms with Crippen LogP contribution in [-0.2, 0) is 4.74 Å². The van der Waals surface area contributed by atoms with Gasteiger partial charge in [0.2, 0.25) is 5.95 Å². The standard InChI is InChI=1S/C9H12ClN5O3/c1-18-8(17)4(2-10)15-3-12-5-6(15)13-9(11)14-7(5)16/h3-4,8,17H,2H2,1H3,(H3,11,13,14,16). The van der Waals surface area contributed by atoms with Gasteiger partial charge in [0.15, 0.2) is 17.5 Å². The molecule has 8 nitrogen and oxygen atoms in total. The first kappa shape index (κ1) is 12.8. The van der Waals surface area contributed by atoms with Crippen molar-refractivity contribution in [1.82, 2.24) is 19.5 Å². The maximum Gasteiger partial charge on any atom is 0.280 e. The maximum absolute atomic E-state index is 11.6. The summed E-state index contributed by atoms with van der Waals surface area (Å²) in [6, 6.07) is -0.615. The predicted octanol–water partition coefficient (Wildman–Crippen LogP) is -0.554. The summed E-state index contributed by atoms with van der Waals surface area (Å²) in [7, 11) is 1.35. The molecule has 0 aliphatic carbocycles. The molecule has 0 aromatic carbocycles. The topological polar surface area (TPSA) is 119 Å². The number of methoxy groups -OCH3 is 1. The number of hydrogen-bond donors (Lipinski definition) is 3. The average Bonchev–Trinajstić information content (AvgIpc) is 2.74. The van der Waals surface area contributed by atoms with Crippen molar-refractivity contribution in [2.75, 3.05) is 18.7 Å². The highest BCUT2D eigenvalue weighted by atomic mass is 35.5. The zero-order valence-electron chi connectivity index (χ0n) is 9.50. The summed E-state index contributed by atoms with van der Waals surface area (Å²) in [6.45, 7) is 0. The lowest BCUT2D eigenvalue weighted by atomic mass is 10.3. The Morgan fingerprint density at radius 3 is 3.06 bits per heavy atom. The molecule has 2 rings (SSSR count). The minimum Gasteiger partial charge on any atom is -0.369 e. The van der Waals surface area contributed by atoms with Crippen LogP contribution in [-0.4, -0.2) is 43.9 Å². The van der Waals surface area contributed by atoms with Crippen molar-refractivity contribution < 1.29 is 9.84 Å². The van der Waals surface area contributed by atoms with Gasteiger partial charge < -0.3 is 20.1 Å². The van der Waals surface area contributed by atoms with Crippen molar-refractivity contribution in [3.8, 4) is 0 Å². The number of aromatic nitrogens is 4. The molecule has 4 N–H and O–H groups in total. The minimum absolute atomic E-state index is 0.0329. The third kappa shape index (κ3) is 2.05. The van der Waals surface area contributed by atoms with Crippen molar-refractivity contribution >= 4 is 28.7 Å². The van der Waals surface area contributed by atoms with Crippen molar-refractivity contribution in [2.45, 2.75) is 12.3 Å². The lowest BCUT2D eigenvalue weighted by molar-refractivity contribution is -0.101. The second-order valence-electron chi connectivity index (χ2n) is 3.62. The van der Waals surface area contributed by atoms with Crippen LogP contribution in [0.2, 0.25) is 0 Å². The summed E-state index contributed by atoms with van der Waals surface area (Å²) in [5, 5.41) is 9.69. The molecule has 98 valence electrons. The van der Waals surface area contributed by atoms with Gasteiger partial charge in [-0.15, -0.1) is 11.6 Å². The van der Waals surface area contributed by atoms with Crippen molar-refractivity contribution in [1.29, 1.82) is 0 Å². The van der Waals surface area contributed by atoms with Gasteiger partial charge in [-0.3, -0.25) is 9.78 Å². The maximum atomic E-state index is 11.6. The molecule has 9 heteroatoms. The van der Waals surface area contributed by atoms with Crippen LogP contribution in [0.5, 0.6) is 0 Å². The number of ether oxygens (including phenoxy) is 1. The molecule has 0 aliphatic heterocycles. The van der Waals surface area contributed by atoms with Crippen LogP contribution in [0.25, 0.3) is 11.2 Å². The molecule has 0 radical (unpaired) electrons. The predicted molar refractivity (Wildman–Crippen MR) is 65.3 cm³/mol. The van der Waals surface area contributed by atoms with Gasteiger partial charge in [0.05, 0.1) is 6.33 Å². The number of H-pyrrole nitrogens is 1. The van der Waals surface area contributed by atoms with E-state index in [4.69, 9.17) is 22.1 Å². The third-order valence-corrected chi connectivity index (χ3v) is 2.85. The highest BCUT2D eigenvalue weighted by Gasteiger charge is 2.23. The zero-order valence-corrected chi connectivity index (χ0v) is 10.3. The summed E-state index contributed by atoms with van der Waals surface area (Å²) < 4.78 is 6.27. The first-order valence-corrected chi connectivity index (χ1v) is 5.61. The fourth-order valence-corrected chi connectivity index (χ4v) is 1.93. The molecule has 2 aromatic heterocycles. The summed E-state index contributed by atoms with van der Waals surface area (Å²) in [5.41, 5.74) is 5.40. The molecular weight excluding hydrogens is 262 g/mol. The van der Waals surface area contributed by atoms with Crippen LogP contribution in [0, 0.1) is 0 Å². The molecule has 18 heavy (non-hydrogen) atoms. The summed E-state index contributed by atoms with van der Waals surface area (Å²) >= 11 is 5.78. The number of nitrogens with two attached hydrogens (primary N) is 1. The Morgan fingerprint density at radius 2 is 2.44 bits per heavy atom. The van der Waals surface area contributed by atoms with Gasteiger partial charge in [-0.25, -0.2) is 4.98 Å². The highest BCUT2D eigenvalue weighted by molar-refractivity contribution is 6.18. The number of imidazole rings is 1. The number of halogens is 1. The Morgan fingerprint density at radius 1 is 1.72 bits per heavy atom. The van der Waals surface area contributed by atoms with Crippen LogP contribution in [0.3, 0.4) is 0 Å². The van der Waals surface area contributed by atoms with Gasteiger partial charge in [-0.2, -0.15) is 4.98 Å². The SMILES string of the molecule is COC(O)C(CCl)n1cnc2c(=O)[nH]c(N)nc21. The van der Waals surface area contributed by atoms with Gasteiger partial charge in [-0.1, -0.05) is 0 Å². The minimum atomic E-state index is -1.14. The molecule has 0 spiro atoms. The second kappa shape index (κ2) is 4.92. The molecule has 0 saturated heterocycles. The molecular formula is C9H12ClN5O3.